The van der Waals surface area contributed by atoms with Crippen molar-refractivity contribution in [2.24, 2.45) is 0 Å². The van der Waals surface area contributed by atoms with E-state index in [9.17, 15) is 0 Å². The molecular weight excluding hydrogens is 144 g/mol. The van der Waals surface area contributed by atoms with Crippen LogP contribution in [-0.2, 0) is 12.8 Å². The monoisotopic (exact) mass is 155 g/mol. The number of benzene rings is 1. The molecule has 0 aromatic rings. The van der Waals surface area contributed by atoms with E-state index in [1.54, 1.807) is 16.7 Å². The van der Waals surface area contributed by atoms with Crippen LogP contribution >= 0.6 is 0 Å². The standard InChI is InChI=1S/C12H11/c1-3-9-4-2-6-11-8-7-10(5-1)12(9)11/h1,3,5,7-8H,2,4,6H2/q-1. The van der Waals surface area contributed by atoms with Crippen LogP contribution < -0.4 is 0 Å². The topological polar surface area (TPSA) is 0 Å². The van der Waals surface area contributed by atoms with E-state index in [1.807, 2.05) is 0 Å². The minimum absolute atomic E-state index is 1.27. The van der Waals surface area contributed by atoms with Gasteiger partial charge in [0.1, 0.15) is 0 Å². The summed E-state index contributed by atoms with van der Waals surface area (Å²) in [6.07, 6.45) is 3.88. The lowest BCUT2D eigenvalue weighted by molar-refractivity contribution is 0.800. The van der Waals surface area contributed by atoms with Gasteiger partial charge < -0.3 is 0 Å². The third-order valence-corrected chi connectivity index (χ3v) is 2.86. The molecule has 3 aliphatic rings. The van der Waals surface area contributed by atoms with Crippen molar-refractivity contribution in [1.82, 2.24) is 0 Å². The molecule has 0 unspecified atom stereocenters. The summed E-state index contributed by atoms with van der Waals surface area (Å²) in [7, 11) is 0. The van der Waals surface area contributed by atoms with E-state index in [-0.39, 0.29) is 0 Å². The summed E-state index contributed by atoms with van der Waals surface area (Å²) in [5.74, 6) is 0. The first kappa shape index (κ1) is 6.36. The van der Waals surface area contributed by atoms with Gasteiger partial charge in [-0.25, -0.2) is 0 Å². The van der Waals surface area contributed by atoms with Crippen LogP contribution in [0, 0.1) is 0 Å². The second kappa shape index (κ2) is 2.16. The molecule has 0 spiro atoms. The molecule has 0 amide bonds. The highest BCUT2D eigenvalue weighted by Gasteiger charge is 2.09. The third kappa shape index (κ3) is 0.699. The molecule has 0 radical (unpaired) electrons. The predicted molar refractivity (Wildman–Crippen MR) is 50.7 cm³/mol. The zero-order valence-electron chi connectivity index (χ0n) is 7.01. The molecule has 0 aromatic heterocycles. The van der Waals surface area contributed by atoms with Gasteiger partial charge >= 0.3 is 0 Å². The Kier molecular flexibility index (Phi) is 1.15. The van der Waals surface area contributed by atoms with Gasteiger partial charge in [-0.15, -0.1) is 52.6 Å². The van der Waals surface area contributed by atoms with Crippen molar-refractivity contribution < 1.29 is 0 Å². The molecule has 0 aliphatic heterocycles. The number of rotatable bonds is 0. The van der Waals surface area contributed by atoms with Crippen molar-refractivity contribution in [2.45, 2.75) is 19.3 Å². The van der Waals surface area contributed by atoms with Crippen molar-refractivity contribution in [3.63, 3.8) is 0 Å². The average molecular weight is 155 g/mol. The van der Waals surface area contributed by atoms with Crippen molar-refractivity contribution in [3.8, 4) is 11.1 Å². The molecule has 0 bridgehead atoms. The van der Waals surface area contributed by atoms with E-state index in [4.69, 9.17) is 0 Å². The Labute approximate surface area is 72.5 Å². The van der Waals surface area contributed by atoms with E-state index in [1.165, 1.54) is 24.8 Å². The summed E-state index contributed by atoms with van der Waals surface area (Å²) in [5.41, 5.74) is 6.09. The first-order valence-corrected chi connectivity index (χ1v) is 4.61. The molecule has 60 valence electrons. The summed E-state index contributed by atoms with van der Waals surface area (Å²) >= 11 is 0. The summed E-state index contributed by atoms with van der Waals surface area (Å²) < 4.78 is 0. The fourth-order valence-electron chi connectivity index (χ4n) is 2.31. The highest BCUT2D eigenvalue weighted by atomic mass is 14.2. The SMILES string of the molecule is c1cc2ccc3c-2[c-](c1)CCC3. The molecule has 0 fully saturated rings. The van der Waals surface area contributed by atoms with Crippen LogP contribution in [0.1, 0.15) is 17.5 Å². The predicted octanol–water partition coefficient (Wildman–Crippen LogP) is 3.00. The van der Waals surface area contributed by atoms with Crippen molar-refractivity contribution in [2.75, 3.05) is 0 Å². The summed E-state index contributed by atoms with van der Waals surface area (Å²) in [6, 6.07) is 11.2. The molecule has 3 aliphatic carbocycles. The largest absolute Gasteiger partial charge is 0.142 e. The molecular formula is C12H11-. The fourth-order valence-corrected chi connectivity index (χ4v) is 2.31. The first-order chi connectivity index (χ1) is 5.95. The maximum absolute atomic E-state index is 2.29. The van der Waals surface area contributed by atoms with Crippen LogP contribution in [-0.4, -0.2) is 0 Å². The smallest absolute Gasteiger partial charge is 0.0613 e. The van der Waals surface area contributed by atoms with Gasteiger partial charge in [0, 0.05) is 0 Å². The van der Waals surface area contributed by atoms with E-state index in [2.05, 4.69) is 30.3 Å². The van der Waals surface area contributed by atoms with Crippen molar-refractivity contribution >= 4 is 0 Å². The van der Waals surface area contributed by atoms with Crippen LogP contribution in [0.25, 0.3) is 11.1 Å². The van der Waals surface area contributed by atoms with Crippen molar-refractivity contribution in [1.29, 1.82) is 0 Å². The van der Waals surface area contributed by atoms with Crippen molar-refractivity contribution in [3.05, 3.63) is 41.5 Å². The summed E-state index contributed by atoms with van der Waals surface area (Å²) in [5, 5.41) is 0. The van der Waals surface area contributed by atoms with Crippen LogP contribution in [0.3, 0.4) is 0 Å². The van der Waals surface area contributed by atoms with Gasteiger partial charge in [-0.2, -0.15) is 0 Å². The van der Waals surface area contributed by atoms with Crippen LogP contribution in [0.2, 0.25) is 0 Å². The third-order valence-electron chi connectivity index (χ3n) is 2.86. The van der Waals surface area contributed by atoms with E-state index in [0.29, 0.717) is 0 Å². The molecule has 0 heterocycles. The Morgan fingerprint density at radius 2 is 2.17 bits per heavy atom. The Morgan fingerprint density at radius 3 is 3.17 bits per heavy atom. The lowest BCUT2D eigenvalue weighted by Crippen LogP contribution is -2.00. The Morgan fingerprint density at radius 1 is 1.17 bits per heavy atom. The normalized spacial score (nSPS) is 15.3. The molecule has 0 nitrogen and oxygen atoms in total. The molecule has 0 atom stereocenters. The summed E-state index contributed by atoms with van der Waals surface area (Å²) in [4.78, 5) is 0. The minimum atomic E-state index is 1.27. The van der Waals surface area contributed by atoms with Crippen LogP contribution in [0.5, 0.6) is 0 Å². The van der Waals surface area contributed by atoms with Gasteiger partial charge in [0.25, 0.3) is 0 Å². The van der Waals surface area contributed by atoms with Crippen LogP contribution in [0.4, 0.5) is 0 Å². The summed E-state index contributed by atoms with van der Waals surface area (Å²) in [6.45, 7) is 0. The molecule has 12 heavy (non-hydrogen) atoms. The molecule has 3 rings (SSSR count). The minimum Gasteiger partial charge on any atom is -0.142 e. The molecule has 0 N–H and O–H groups in total. The zero-order chi connectivity index (χ0) is 7.97. The van der Waals surface area contributed by atoms with Crippen LogP contribution in [0.15, 0.2) is 30.3 Å². The average Bonchev–Trinajstić information content (AvgIpc) is 2.52. The highest BCUT2D eigenvalue weighted by Crippen LogP contribution is 2.36. The first-order valence-electron chi connectivity index (χ1n) is 4.61. The number of hydrogen-bond donors (Lipinski definition) is 0. The van der Waals surface area contributed by atoms with E-state index < -0.39 is 0 Å². The van der Waals surface area contributed by atoms with Gasteiger partial charge in [-0.05, 0) is 0 Å². The Hall–Kier alpha value is -1.17. The quantitative estimate of drug-likeness (QED) is 0.513. The maximum Gasteiger partial charge on any atom is -0.0613 e. The Balaban J connectivity index is 2.40. The highest BCUT2D eigenvalue weighted by molar-refractivity contribution is 5.75. The molecule has 0 aromatic carbocycles. The van der Waals surface area contributed by atoms with Gasteiger partial charge in [0.05, 0.1) is 0 Å². The zero-order valence-corrected chi connectivity index (χ0v) is 7.01. The lowest BCUT2D eigenvalue weighted by Gasteiger charge is -2.23. The molecule has 0 saturated heterocycles. The number of aryl methyl sites for hydroxylation is 2. The lowest BCUT2D eigenvalue weighted by atomic mass is 9.89. The van der Waals surface area contributed by atoms with Gasteiger partial charge in [-0.1, -0.05) is 19.3 Å². The van der Waals surface area contributed by atoms with Gasteiger partial charge in [-0.3, -0.25) is 0 Å². The van der Waals surface area contributed by atoms with E-state index in [0.717, 1.165) is 0 Å². The number of hydrogen-bond acceptors (Lipinski definition) is 0. The second-order valence-corrected chi connectivity index (χ2v) is 3.59. The van der Waals surface area contributed by atoms with E-state index >= 15 is 0 Å². The van der Waals surface area contributed by atoms with Gasteiger partial charge in [0.15, 0.2) is 0 Å². The van der Waals surface area contributed by atoms with Gasteiger partial charge in [0.2, 0.25) is 0 Å². The fraction of sp³-hybridized carbons (Fsp3) is 0.250. The maximum atomic E-state index is 2.29. The molecule has 0 saturated carbocycles. The second-order valence-electron chi connectivity index (χ2n) is 3.59. The Bertz CT molecular complexity index is 381. The molecule has 0 heteroatoms.